The summed E-state index contributed by atoms with van der Waals surface area (Å²) in [6, 6.07) is 15.0. The van der Waals surface area contributed by atoms with Crippen molar-refractivity contribution in [1.29, 1.82) is 5.26 Å². The summed E-state index contributed by atoms with van der Waals surface area (Å²) >= 11 is 0. The Labute approximate surface area is 276 Å². The van der Waals surface area contributed by atoms with E-state index in [9.17, 15) is 20.3 Å². The molecule has 2 aromatic carbocycles. The summed E-state index contributed by atoms with van der Waals surface area (Å²) in [6.45, 7) is 11.9. The molecule has 47 heavy (non-hydrogen) atoms. The van der Waals surface area contributed by atoms with Crippen LogP contribution in [-0.4, -0.2) is 107 Å². The number of piperazine rings is 1. The predicted molar refractivity (Wildman–Crippen MR) is 182 cm³/mol. The number of nitriles is 1. The Bertz CT molecular complexity index is 1670. The van der Waals surface area contributed by atoms with Gasteiger partial charge in [0.2, 0.25) is 5.91 Å². The maximum Gasteiger partial charge on any atom is 0.318 e. The standard InChI is InChI=1S/C36H43N7O4/c1-3-25-8-5-9-26-10-6-12-32(34(25)26)41-17-14-30-31(22-41)38-36(47-24-28-11-7-16-40(28)21-29(45)23-44)39-35(30)42-18-19-43(33(46)4-2)27(20-42)13-15-37/h3-6,8-10,12,27-29,44-45H,1-2,7,11,13-14,16-24H2/t27-,28-,29?/m0/s1. The number of β-amino-alcohol motifs (C(OH)–C–C–N with tert-alkyl or cyclic N) is 1. The lowest BCUT2D eigenvalue weighted by molar-refractivity contribution is -0.128. The Hall–Kier alpha value is -4.50. The lowest BCUT2D eigenvalue weighted by Gasteiger charge is -2.42. The molecule has 2 fully saturated rings. The zero-order valence-corrected chi connectivity index (χ0v) is 26.8. The number of likely N-dealkylation sites (tertiary alicyclic amines) is 1. The molecule has 2 saturated heterocycles. The number of rotatable bonds is 11. The summed E-state index contributed by atoms with van der Waals surface area (Å²) in [5, 5.41) is 31.3. The number of carbonyl (C=O) groups is 1. The van der Waals surface area contributed by atoms with Crippen LogP contribution < -0.4 is 14.5 Å². The Morgan fingerprint density at radius 3 is 2.70 bits per heavy atom. The number of nitrogens with zero attached hydrogens (tertiary/aromatic N) is 7. The molecular weight excluding hydrogens is 594 g/mol. The van der Waals surface area contributed by atoms with E-state index in [1.54, 1.807) is 4.90 Å². The van der Waals surface area contributed by atoms with Crippen molar-refractivity contribution in [3.63, 3.8) is 0 Å². The van der Waals surface area contributed by atoms with Gasteiger partial charge in [0.25, 0.3) is 0 Å². The molecule has 1 amide bonds. The highest BCUT2D eigenvalue weighted by Crippen LogP contribution is 2.36. The third-order valence-electron chi connectivity index (χ3n) is 9.63. The lowest BCUT2D eigenvalue weighted by atomic mass is 9.99. The number of hydrogen-bond donors (Lipinski definition) is 2. The topological polar surface area (TPSA) is 129 Å². The van der Waals surface area contributed by atoms with E-state index in [2.05, 4.69) is 70.3 Å². The summed E-state index contributed by atoms with van der Waals surface area (Å²) in [6.07, 6.45) is 5.26. The van der Waals surface area contributed by atoms with Crippen LogP contribution in [0.1, 0.15) is 36.1 Å². The number of aliphatic hydroxyl groups is 2. The van der Waals surface area contributed by atoms with Crippen molar-refractivity contribution >= 4 is 34.3 Å². The van der Waals surface area contributed by atoms with Gasteiger partial charge < -0.3 is 29.6 Å². The number of aromatic nitrogens is 2. The van der Waals surface area contributed by atoms with Crippen molar-refractivity contribution in [3.8, 4) is 12.1 Å². The zero-order valence-electron chi connectivity index (χ0n) is 26.8. The molecule has 2 N–H and O–H groups in total. The number of fused-ring (bicyclic) bond motifs is 2. The molecule has 11 nitrogen and oxygen atoms in total. The fourth-order valence-corrected chi connectivity index (χ4v) is 7.26. The first kappa shape index (κ1) is 32.4. The zero-order chi connectivity index (χ0) is 32.9. The maximum absolute atomic E-state index is 12.6. The average molecular weight is 638 g/mol. The fraction of sp³-hybridized carbons (Fsp3) is 0.444. The molecule has 11 heteroatoms. The van der Waals surface area contributed by atoms with E-state index in [1.807, 2.05) is 6.08 Å². The molecule has 6 rings (SSSR count). The van der Waals surface area contributed by atoms with Gasteiger partial charge in [-0.3, -0.25) is 9.69 Å². The SMILES string of the molecule is C=CC(=O)N1CCN(c2nc(OC[C@@H]3CCCN3CC(O)CO)nc3c2CCN(c2cccc4cccc(C=C)c24)C3)C[C@@H]1CC#N. The highest BCUT2D eigenvalue weighted by atomic mass is 16.5. The second-order valence-electron chi connectivity index (χ2n) is 12.5. The summed E-state index contributed by atoms with van der Waals surface area (Å²) in [4.78, 5) is 31.0. The number of ether oxygens (including phenoxy) is 1. The first-order valence-electron chi connectivity index (χ1n) is 16.4. The van der Waals surface area contributed by atoms with Crippen molar-refractivity contribution in [3.05, 3.63) is 72.5 Å². The Morgan fingerprint density at radius 2 is 1.94 bits per heavy atom. The monoisotopic (exact) mass is 637 g/mol. The van der Waals surface area contributed by atoms with Crippen LogP contribution in [0, 0.1) is 11.3 Å². The number of aliphatic hydroxyl groups excluding tert-OH is 2. The fourth-order valence-electron chi connectivity index (χ4n) is 7.26. The molecule has 0 spiro atoms. The third kappa shape index (κ3) is 6.81. The van der Waals surface area contributed by atoms with E-state index in [0.717, 1.165) is 71.5 Å². The molecule has 0 saturated carbocycles. The molecule has 0 radical (unpaired) electrons. The second-order valence-corrected chi connectivity index (χ2v) is 12.5. The van der Waals surface area contributed by atoms with E-state index >= 15 is 0 Å². The second kappa shape index (κ2) is 14.5. The molecule has 3 aromatic rings. The van der Waals surface area contributed by atoms with Crippen LogP contribution in [0.4, 0.5) is 11.5 Å². The van der Waals surface area contributed by atoms with Crippen LogP contribution in [0.3, 0.4) is 0 Å². The van der Waals surface area contributed by atoms with E-state index < -0.39 is 6.10 Å². The van der Waals surface area contributed by atoms with Gasteiger partial charge in [-0.25, -0.2) is 0 Å². The van der Waals surface area contributed by atoms with Gasteiger partial charge in [0.15, 0.2) is 0 Å². The van der Waals surface area contributed by atoms with Crippen molar-refractivity contribution in [2.75, 3.05) is 62.3 Å². The smallest absolute Gasteiger partial charge is 0.318 e. The van der Waals surface area contributed by atoms with E-state index in [0.29, 0.717) is 45.3 Å². The third-order valence-corrected chi connectivity index (χ3v) is 9.63. The minimum Gasteiger partial charge on any atom is -0.462 e. The van der Waals surface area contributed by atoms with E-state index in [4.69, 9.17) is 14.7 Å². The highest BCUT2D eigenvalue weighted by Gasteiger charge is 2.34. The summed E-state index contributed by atoms with van der Waals surface area (Å²) in [5.74, 6) is 0.623. The van der Waals surface area contributed by atoms with Gasteiger partial charge in [0.05, 0.1) is 43.5 Å². The minimum atomic E-state index is -0.795. The van der Waals surface area contributed by atoms with Gasteiger partial charge in [-0.05, 0) is 48.9 Å². The van der Waals surface area contributed by atoms with Crippen molar-refractivity contribution in [1.82, 2.24) is 19.8 Å². The Morgan fingerprint density at radius 1 is 1.11 bits per heavy atom. The molecular formula is C36H43N7O4. The predicted octanol–water partition coefficient (Wildman–Crippen LogP) is 3.15. The lowest BCUT2D eigenvalue weighted by Crippen LogP contribution is -2.55. The average Bonchev–Trinajstić information content (AvgIpc) is 3.55. The first-order valence-corrected chi connectivity index (χ1v) is 16.4. The molecule has 0 aliphatic carbocycles. The summed E-state index contributed by atoms with van der Waals surface area (Å²) in [7, 11) is 0. The Kier molecular flexibility index (Phi) is 10.0. The molecule has 246 valence electrons. The molecule has 1 aromatic heterocycles. The first-order chi connectivity index (χ1) is 22.9. The largest absolute Gasteiger partial charge is 0.462 e. The van der Waals surface area contributed by atoms with Crippen molar-refractivity contribution in [2.45, 2.75) is 50.4 Å². The highest BCUT2D eigenvalue weighted by molar-refractivity contribution is 6.00. The van der Waals surface area contributed by atoms with Crippen LogP contribution in [0.2, 0.25) is 0 Å². The van der Waals surface area contributed by atoms with Crippen LogP contribution in [0.15, 0.2) is 55.6 Å². The molecule has 0 bridgehead atoms. The van der Waals surface area contributed by atoms with Gasteiger partial charge in [-0.15, -0.1) is 0 Å². The molecule has 4 heterocycles. The van der Waals surface area contributed by atoms with Gasteiger partial charge in [0.1, 0.15) is 12.4 Å². The van der Waals surface area contributed by atoms with E-state index in [1.165, 1.54) is 6.08 Å². The number of amides is 1. The quantitative estimate of drug-likeness (QED) is 0.303. The molecule has 3 aliphatic rings. The number of benzene rings is 2. The van der Waals surface area contributed by atoms with Crippen molar-refractivity contribution < 1.29 is 19.7 Å². The normalized spacial score (nSPS) is 20.5. The van der Waals surface area contributed by atoms with Gasteiger partial charge in [-0.1, -0.05) is 49.6 Å². The molecule has 3 aliphatic heterocycles. The molecule has 1 unspecified atom stereocenters. The van der Waals surface area contributed by atoms with Crippen LogP contribution in [-0.2, 0) is 17.8 Å². The van der Waals surface area contributed by atoms with Crippen molar-refractivity contribution in [2.24, 2.45) is 0 Å². The van der Waals surface area contributed by atoms with Crippen LogP contribution in [0.25, 0.3) is 16.8 Å². The van der Waals surface area contributed by atoms with Crippen LogP contribution >= 0.6 is 0 Å². The maximum atomic E-state index is 12.6. The van der Waals surface area contributed by atoms with Crippen LogP contribution in [0.5, 0.6) is 6.01 Å². The number of carbonyl (C=O) groups excluding carboxylic acids is 1. The Balaban J connectivity index is 1.33. The summed E-state index contributed by atoms with van der Waals surface area (Å²) in [5.41, 5.74) is 4.16. The molecule has 3 atom stereocenters. The van der Waals surface area contributed by atoms with E-state index in [-0.39, 0.29) is 31.0 Å². The minimum absolute atomic E-state index is 0.0808. The van der Waals surface area contributed by atoms with Gasteiger partial charge >= 0.3 is 6.01 Å². The summed E-state index contributed by atoms with van der Waals surface area (Å²) < 4.78 is 6.34. The number of anilines is 2. The van der Waals surface area contributed by atoms with Gasteiger partial charge in [0, 0.05) is 55.4 Å². The van der Waals surface area contributed by atoms with Gasteiger partial charge in [-0.2, -0.15) is 15.2 Å². The number of hydrogen-bond acceptors (Lipinski definition) is 10.